The number of anilines is 5. The summed E-state index contributed by atoms with van der Waals surface area (Å²) >= 11 is 0. The summed E-state index contributed by atoms with van der Waals surface area (Å²) in [6.07, 6.45) is 0. The normalized spacial score (nSPS) is 11.2. The first-order valence-electron chi connectivity index (χ1n) is 22.1. The summed E-state index contributed by atoms with van der Waals surface area (Å²) < 4.78 is 40.3. The highest BCUT2D eigenvalue weighted by molar-refractivity contribution is 6.14. The molecule has 1 aromatic heterocycles. The van der Waals surface area contributed by atoms with Gasteiger partial charge in [0.25, 0.3) is 0 Å². The maximum atomic E-state index is 16.8. The van der Waals surface area contributed by atoms with Crippen molar-refractivity contribution >= 4 is 50.4 Å². The van der Waals surface area contributed by atoms with Gasteiger partial charge in [-0.2, -0.15) is 0 Å². The van der Waals surface area contributed by atoms with Crippen molar-refractivity contribution in [3.05, 3.63) is 260 Å². The third-order valence-electron chi connectivity index (χ3n) is 12.3. The lowest BCUT2D eigenvalue weighted by Gasteiger charge is -2.31. The lowest BCUT2D eigenvalue weighted by atomic mass is 9.98. The number of benzene rings is 10. The van der Waals surface area contributed by atoms with Gasteiger partial charge in [-0.3, -0.25) is 0 Å². The Kier molecular flexibility index (Phi) is 10.7. The van der Waals surface area contributed by atoms with Crippen LogP contribution in [0.5, 0.6) is 0 Å². The minimum atomic E-state index is -0.348. The summed E-state index contributed by atoms with van der Waals surface area (Å²) in [4.78, 5) is 4.29. The first kappa shape index (κ1) is 40.2. The summed E-state index contributed by atoms with van der Waals surface area (Å²) in [5.74, 6) is -0.684. The van der Waals surface area contributed by atoms with Crippen LogP contribution in [-0.2, 0) is 6.54 Å². The van der Waals surface area contributed by atoms with E-state index in [9.17, 15) is 0 Å². The van der Waals surface area contributed by atoms with Crippen molar-refractivity contribution in [3.63, 3.8) is 0 Å². The van der Waals surface area contributed by atoms with Gasteiger partial charge in [-0.15, -0.1) is 0 Å². The lowest BCUT2D eigenvalue weighted by Crippen LogP contribution is -2.19. The summed E-state index contributed by atoms with van der Waals surface area (Å²) in [5.41, 5.74) is 12.8. The topological polar surface area (TPSA) is 19.6 Å². The van der Waals surface area contributed by atoms with Crippen LogP contribution in [0.25, 0.3) is 66.4 Å². The molecule has 10 aromatic carbocycles. The molecule has 66 heavy (non-hydrogen) atoms. The van der Waals surface area contributed by atoms with Gasteiger partial charge in [0.05, 0.1) is 22.4 Å². The molecule has 5 heteroatoms. The number of fused-ring (bicyclic) bond motifs is 3. The van der Waals surface area contributed by atoms with Crippen molar-refractivity contribution < 1.29 is 13.2 Å². The van der Waals surface area contributed by atoms with Crippen LogP contribution in [0, 0.1) is 11.6 Å². The second-order valence-corrected chi connectivity index (χ2v) is 16.3. The van der Waals surface area contributed by atoms with Gasteiger partial charge in [0.1, 0.15) is 22.8 Å². The fourth-order valence-electron chi connectivity index (χ4n) is 9.18. The second kappa shape index (κ2) is 17.6. The largest absolute Gasteiger partial charge is 0.456 e. The van der Waals surface area contributed by atoms with Gasteiger partial charge in [0.15, 0.2) is 0 Å². The molecule has 0 fully saturated rings. The number of rotatable bonds is 11. The van der Waals surface area contributed by atoms with Crippen LogP contribution >= 0.6 is 0 Å². The van der Waals surface area contributed by atoms with E-state index in [-0.39, 0.29) is 11.6 Å². The Bertz CT molecular complexity index is 3480. The molecule has 0 amide bonds. The van der Waals surface area contributed by atoms with E-state index in [0.717, 1.165) is 72.4 Å². The van der Waals surface area contributed by atoms with Crippen molar-refractivity contribution in [1.29, 1.82) is 0 Å². The smallest absolute Gasteiger partial charge is 0.139 e. The molecular formula is C61H42F2N2O. The van der Waals surface area contributed by atoms with Crippen LogP contribution in [0.15, 0.2) is 247 Å². The highest BCUT2D eigenvalue weighted by atomic mass is 19.1. The number of nitrogens with zero attached hydrogens (tertiary/aromatic N) is 2. The molecule has 0 aliphatic heterocycles. The Morgan fingerprint density at radius 1 is 0.348 bits per heavy atom. The van der Waals surface area contributed by atoms with Gasteiger partial charge >= 0.3 is 0 Å². The Morgan fingerprint density at radius 3 is 1.45 bits per heavy atom. The molecule has 0 spiro atoms. The summed E-state index contributed by atoms with van der Waals surface area (Å²) in [6, 6.07) is 79.5. The fraction of sp³-hybridized carbons (Fsp3) is 0.0164. The van der Waals surface area contributed by atoms with Gasteiger partial charge in [0, 0.05) is 46.1 Å². The Morgan fingerprint density at radius 2 is 0.833 bits per heavy atom. The number of hydrogen-bond acceptors (Lipinski definition) is 3. The molecular weight excluding hydrogens is 815 g/mol. The molecule has 0 bridgehead atoms. The summed E-state index contributed by atoms with van der Waals surface area (Å²) in [7, 11) is 0. The monoisotopic (exact) mass is 856 g/mol. The maximum absolute atomic E-state index is 16.8. The first-order valence-corrected chi connectivity index (χ1v) is 22.1. The van der Waals surface area contributed by atoms with E-state index in [1.165, 1.54) is 0 Å². The molecule has 316 valence electrons. The van der Waals surface area contributed by atoms with E-state index in [2.05, 4.69) is 76.5 Å². The Balaban J connectivity index is 1.18. The van der Waals surface area contributed by atoms with Crippen LogP contribution in [0.3, 0.4) is 0 Å². The number of para-hydroxylation sites is 2. The molecule has 0 saturated carbocycles. The van der Waals surface area contributed by atoms with Gasteiger partial charge in [-0.05, 0) is 88.0 Å². The Hall–Kier alpha value is -8.54. The molecule has 0 radical (unpaired) electrons. The van der Waals surface area contributed by atoms with Gasteiger partial charge in [0.2, 0.25) is 0 Å². The predicted octanol–water partition coefficient (Wildman–Crippen LogP) is 17.3. The van der Waals surface area contributed by atoms with E-state index >= 15 is 8.78 Å². The van der Waals surface area contributed by atoms with Crippen molar-refractivity contribution in [2.24, 2.45) is 0 Å². The molecule has 11 aromatic rings. The zero-order valence-electron chi connectivity index (χ0n) is 35.9. The highest BCUT2D eigenvalue weighted by Gasteiger charge is 2.26. The van der Waals surface area contributed by atoms with Crippen LogP contribution in [0.2, 0.25) is 0 Å². The fourth-order valence-corrected chi connectivity index (χ4v) is 9.18. The SMILES string of the molecule is Fc1cc(N(Cc2ccccc2-c2ccccc2)c2cc(N(c3ccc(-c4ccccc4)c(F)c3)c3ccccc3-c3ccccc3)cc3oc4ccccc4c23)ccc1-c1ccccc1. The minimum absolute atomic E-state index is 0.336. The molecule has 3 nitrogen and oxygen atoms in total. The summed E-state index contributed by atoms with van der Waals surface area (Å²) in [6.45, 7) is 0.383. The van der Waals surface area contributed by atoms with Crippen molar-refractivity contribution in [1.82, 2.24) is 0 Å². The molecule has 0 unspecified atom stereocenters. The lowest BCUT2D eigenvalue weighted by molar-refractivity contribution is 0.631. The van der Waals surface area contributed by atoms with Gasteiger partial charge in [-0.25, -0.2) is 8.78 Å². The maximum Gasteiger partial charge on any atom is 0.139 e. The zero-order valence-corrected chi connectivity index (χ0v) is 35.9. The van der Waals surface area contributed by atoms with Crippen molar-refractivity contribution in [2.75, 3.05) is 9.80 Å². The molecule has 0 saturated heterocycles. The van der Waals surface area contributed by atoms with E-state index < -0.39 is 0 Å². The molecule has 11 rings (SSSR count). The molecule has 0 atom stereocenters. The van der Waals surface area contributed by atoms with E-state index in [4.69, 9.17) is 4.42 Å². The molecule has 0 N–H and O–H groups in total. The zero-order chi connectivity index (χ0) is 44.4. The van der Waals surface area contributed by atoms with E-state index in [1.807, 2.05) is 164 Å². The molecule has 0 aliphatic rings. The average Bonchev–Trinajstić information content (AvgIpc) is 3.76. The van der Waals surface area contributed by atoms with Crippen LogP contribution in [0.4, 0.5) is 37.2 Å². The predicted molar refractivity (Wildman–Crippen MR) is 269 cm³/mol. The second-order valence-electron chi connectivity index (χ2n) is 16.3. The third-order valence-corrected chi connectivity index (χ3v) is 12.3. The van der Waals surface area contributed by atoms with E-state index in [0.29, 0.717) is 34.6 Å². The number of hydrogen-bond donors (Lipinski definition) is 0. The number of furan rings is 1. The van der Waals surface area contributed by atoms with Crippen LogP contribution in [-0.4, -0.2) is 0 Å². The third kappa shape index (κ3) is 7.67. The van der Waals surface area contributed by atoms with Crippen molar-refractivity contribution in [2.45, 2.75) is 6.54 Å². The average molecular weight is 857 g/mol. The number of halogens is 2. The van der Waals surface area contributed by atoms with Crippen molar-refractivity contribution in [3.8, 4) is 44.5 Å². The van der Waals surface area contributed by atoms with Gasteiger partial charge < -0.3 is 14.2 Å². The standard InChI is InChI=1S/C61H42F2N2O/c62-55-37-47(33-35-51(55)43-21-7-2-8-22-43)64(41-46-27-13-14-28-50(46)42-19-5-1-6-20-42)58-39-49(40-60-61(58)54-30-16-18-32-59(54)66-60)65(57-31-17-15-29-53(57)45-25-11-4-12-26-45)48-34-36-52(56(63)38-48)44-23-9-3-10-24-44/h1-40H,41H2. The highest BCUT2D eigenvalue weighted by Crippen LogP contribution is 2.48. The molecule has 0 aliphatic carbocycles. The van der Waals surface area contributed by atoms with Crippen LogP contribution in [0.1, 0.15) is 5.56 Å². The Labute approximate surface area is 382 Å². The summed E-state index contributed by atoms with van der Waals surface area (Å²) in [5, 5.41) is 1.80. The first-order chi connectivity index (χ1) is 32.6. The minimum Gasteiger partial charge on any atom is -0.456 e. The van der Waals surface area contributed by atoms with E-state index in [1.54, 1.807) is 12.1 Å². The van der Waals surface area contributed by atoms with Gasteiger partial charge in [-0.1, -0.05) is 182 Å². The quantitative estimate of drug-likeness (QED) is 0.129. The molecule has 1 heterocycles. The van der Waals surface area contributed by atoms with Crippen LogP contribution < -0.4 is 9.80 Å².